The summed E-state index contributed by atoms with van der Waals surface area (Å²) in [4.78, 5) is 8.48. The van der Waals surface area contributed by atoms with E-state index in [0.717, 1.165) is 62.0 Å². The van der Waals surface area contributed by atoms with Gasteiger partial charge < -0.3 is 9.72 Å². The van der Waals surface area contributed by atoms with E-state index in [1.807, 2.05) is 72.8 Å². The number of nitrogens with zero attached hydrogens (tertiary/aromatic N) is 2. The van der Waals surface area contributed by atoms with Crippen molar-refractivity contribution < 1.29 is 17.5 Å². The van der Waals surface area contributed by atoms with Gasteiger partial charge in [0.25, 0.3) is 0 Å². The Balaban J connectivity index is 1.21. The number of H-pyrrole nitrogens is 2. The lowest BCUT2D eigenvalue weighted by Gasteiger charge is -2.11. The number of sulfonamides is 1. The highest BCUT2D eigenvalue weighted by Gasteiger charge is 2.17. The Hall–Kier alpha value is -4.46. The van der Waals surface area contributed by atoms with Gasteiger partial charge in [0, 0.05) is 27.0 Å². The molecular weight excluding hydrogens is 704 g/mol. The molecule has 0 saturated carbocycles. The van der Waals surface area contributed by atoms with Crippen molar-refractivity contribution in [2.24, 2.45) is 0 Å². The van der Waals surface area contributed by atoms with Gasteiger partial charge >= 0.3 is 0 Å². The molecular formula is C34H27FIN5O3S. The fourth-order valence-electron chi connectivity index (χ4n) is 5.23. The van der Waals surface area contributed by atoms with Gasteiger partial charge in [0.05, 0.1) is 23.2 Å². The van der Waals surface area contributed by atoms with E-state index >= 15 is 0 Å². The zero-order valence-corrected chi connectivity index (χ0v) is 27.0. The Morgan fingerprint density at radius 1 is 0.956 bits per heavy atom. The molecule has 0 saturated heterocycles. The van der Waals surface area contributed by atoms with Crippen LogP contribution in [0.25, 0.3) is 50.0 Å². The topological polar surface area (TPSA) is 113 Å². The molecule has 7 rings (SSSR count). The maximum absolute atomic E-state index is 14.6. The number of hydrogen-bond donors (Lipinski definition) is 3. The summed E-state index contributed by atoms with van der Waals surface area (Å²) in [6, 6.07) is 26.4. The lowest BCUT2D eigenvalue weighted by atomic mass is 9.99. The third kappa shape index (κ3) is 6.51. The molecule has 0 amide bonds. The lowest BCUT2D eigenvalue weighted by Crippen LogP contribution is -2.21. The number of aromatic nitrogens is 4. The molecule has 6 aromatic rings. The van der Waals surface area contributed by atoms with Crippen molar-refractivity contribution in [3.63, 3.8) is 0 Å². The molecule has 0 radical (unpaired) electrons. The van der Waals surface area contributed by atoms with Crippen molar-refractivity contribution in [1.82, 2.24) is 24.9 Å². The maximum atomic E-state index is 14.6. The molecule has 0 atom stereocenters. The quantitative estimate of drug-likeness (QED) is 0.136. The number of rotatable bonds is 9. The van der Waals surface area contributed by atoms with Gasteiger partial charge in [-0.3, -0.25) is 5.10 Å². The van der Waals surface area contributed by atoms with Crippen molar-refractivity contribution in [1.29, 1.82) is 0 Å². The van der Waals surface area contributed by atoms with Crippen LogP contribution in [0.3, 0.4) is 0 Å². The summed E-state index contributed by atoms with van der Waals surface area (Å²) in [5.41, 5.74) is 8.79. The second-order valence-electron chi connectivity index (χ2n) is 10.7. The number of aromatic amines is 2. The van der Waals surface area contributed by atoms with E-state index in [1.165, 1.54) is 12.1 Å². The van der Waals surface area contributed by atoms with E-state index in [9.17, 15) is 12.8 Å². The molecule has 0 bridgehead atoms. The number of allylic oxidation sites excluding steroid dienone is 3. The van der Waals surface area contributed by atoms with Crippen LogP contribution in [0.15, 0.2) is 101 Å². The highest BCUT2D eigenvalue weighted by Crippen LogP contribution is 2.35. The molecule has 3 N–H and O–H groups in total. The second-order valence-corrected chi connectivity index (χ2v) is 14.5. The highest BCUT2D eigenvalue weighted by atomic mass is 127. The van der Waals surface area contributed by atoms with E-state index in [2.05, 4.69) is 28.0 Å². The number of benzene rings is 3. The van der Waals surface area contributed by atoms with Crippen LogP contribution in [-0.4, -0.2) is 38.9 Å². The van der Waals surface area contributed by atoms with Crippen LogP contribution in [-0.2, 0) is 27.9 Å². The summed E-state index contributed by atoms with van der Waals surface area (Å²) in [5.74, 6) is 0.412. The van der Waals surface area contributed by atoms with Crippen LogP contribution in [0, 0.1) is 5.82 Å². The Labute approximate surface area is 268 Å². The van der Waals surface area contributed by atoms with Crippen LogP contribution in [0.2, 0.25) is 0 Å². The Morgan fingerprint density at radius 2 is 1.82 bits per heavy atom. The molecule has 8 nitrogen and oxygen atoms in total. The maximum Gasteiger partial charge on any atom is 0.209 e. The summed E-state index contributed by atoms with van der Waals surface area (Å²) in [7, 11) is -3.42. The first kappa shape index (κ1) is 29.3. The first-order chi connectivity index (χ1) is 21.8. The summed E-state index contributed by atoms with van der Waals surface area (Å²) in [6.45, 7) is 0.507. The minimum Gasteiger partial charge on any atom is -0.488 e. The van der Waals surface area contributed by atoms with Crippen LogP contribution in [0.1, 0.15) is 16.8 Å². The molecule has 0 unspecified atom stereocenters. The van der Waals surface area contributed by atoms with Gasteiger partial charge in [-0.05, 0) is 74.9 Å². The van der Waals surface area contributed by atoms with E-state index in [1.54, 1.807) is 6.07 Å². The lowest BCUT2D eigenvalue weighted by molar-refractivity contribution is 0.220. The normalized spacial score (nSPS) is 13.5. The van der Waals surface area contributed by atoms with Gasteiger partial charge in [-0.25, -0.2) is 22.5 Å². The highest BCUT2D eigenvalue weighted by molar-refractivity contribution is 14.2. The van der Waals surface area contributed by atoms with Crippen LogP contribution in [0.4, 0.5) is 4.39 Å². The minimum absolute atomic E-state index is 0.00249. The van der Waals surface area contributed by atoms with Gasteiger partial charge in [-0.1, -0.05) is 63.2 Å². The van der Waals surface area contributed by atoms with Crippen LogP contribution >= 0.6 is 20.7 Å². The summed E-state index contributed by atoms with van der Waals surface area (Å²) in [6.07, 6.45) is 3.11. The van der Waals surface area contributed by atoms with Crippen LogP contribution < -0.4 is 4.72 Å². The molecule has 1 aliphatic rings. The van der Waals surface area contributed by atoms with Gasteiger partial charge in [-0.15, -0.1) is 0 Å². The molecule has 0 fully saturated rings. The number of ether oxygens (including phenoxy) is 1. The molecule has 11 heteroatoms. The standard InChI is InChI=1S/C34H27FIN5O3S/c1-45(42,43)37-19-22-12-23(14-25(35)13-22)27-8-5-9-30-28(27)16-32(38-30)34-33-31(40-41-34)11-10-29(39-33)24-15-26(18-36-17-24)44-20-21-6-3-2-4-7-21/h2-18,37-38H,19-20H2,1H3,(H,40,41). The SMILES string of the molecule is CS(=O)(=O)NCc1cc(F)cc(-c2cccc3[nH]c(-c4n[nH]c5ccc(C6=CI=CC(OCc7ccccc7)=C6)nc45)cc23)c1. The van der Waals surface area contributed by atoms with E-state index < -0.39 is 15.8 Å². The van der Waals surface area contributed by atoms with Gasteiger partial charge in [0.1, 0.15) is 29.4 Å². The number of halogens is 2. The fraction of sp³-hybridized carbons (Fsp3) is 0.0882. The first-order valence-corrected chi connectivity index (χ1v) is 18.4. The van der Waals surface area contributed by atoms with E-state index in [-0.39, 0.29) is 27.3 Å². The van der Waals surface area contributed by atoms with Gasteiger partial charge in [0.2, 0.25) is 10.0 Å². The van der Waals surface area contributed by atoms with Crippen molar-refractivity contribution >= 4 is 62.3 Å². The summed E-state index contributed by atoms with van der Waals surface area (Å²) >= 11 is -0.324. The predicted octanol–water partition coefficient (Wildman–Crippen LogP) is 7.19. The van der Waals surface area contributed by atoms with Crippen molar-refractivity contribution in [3.05, 3.63) is 123 Å². The number of hydrogen-bond acceptors (Lipinski definition) is 5. The van der Waals surface area contributed by atoms with Gasteiger partial charge in [0.15, 0.2) is 0 Å². The zero-order valence-electron chi connectivity index (χ0n) is 24.0. The molecule has 4 heterocycles. The monoisotopic (exact) mass is 731 g/mol. The molecule has 0 aliphatic carbocycles. The smallest absolute Gasteiger partial charge is 0.209 e. The van der Waals surface area contributed by atoms with Crippen molar-refractivity contribution in [2.45, 2.75) is 13.2 Å². The molecule has 226 valence electrons. The minimum atomic E-state index is -3.42. The fourth-order valence-corrected chi connectivity index (χ4v) is 7.43. The molecule has 1 aliphatic heterocycles. The number of fused-ring (bicyclic) bond motifs is 2. The molecule has 3 aromatic heterocycles. The van der Waals surface area contributed by atoms with Gasteiger partial charge in [-0.2, -0.15) is 5.10 Å². The Bertz CT molecular complexity index is 2270. The van der Waals surface area contributed by atoms with Crippen molar-refractivity contribution in [3.8, 4) is 22.5 Å². The zero-order chi connectivity index (χ0) is 31.0. The second kappa shape index (κ2) is 12.1. The summed E-state index contributed by atoms with van der Waals surface area (Å²) in [5, 5.41) is 8.58. The average molecular weight is 732 g/mol. The van der Waals surface area contributed by atoms with Crippen molar-refractivity contribution in [2.75, 3.05) is 6.26 Å². The third-order valence-electron chi connectivity index (χ3n) is 7.33. The predicted molar refractivity (Wildman–Crippen MR) is 186 cm³/mol. The number of nitrogens with one attached hydrogen (secondary N) is 3. The largest absolute Gasteiger partial charge is 0.488 e. The first-order valence-electron chi connectivity index (χ1n) is 14.0. The molecule has 45 heavy (non-hydrogen) atoms. The van der Waals surface area contributed by atoms with E-state index in [0.29, 0.717) is 23.4 Å². The average Bonchev–Trinajstić information content (AvgIpc) is 3.67. The van der Waals surface area contributed by atoms with Crippen LogP contribution in [0.5, 0.6) is 0 Å². The van der Waals surface area contributed by atoms with E-state index in [4.69, 9.17) is 9.72 Å². The molecule has 3 aromatic carbocycles. The molecule has 0 spiro atoms. The third-order valence-corrected chi connectivity index (χ3v) is 10.00. The Kier molecular flexibility index (Phi) is 7.90. The number of pyridine rings is 1. The summed E-state index contributed by atoms with van der Waals surface area (Å²) < 4.78 is 50.8. The Morgan fingerprint density at radius 3 is 2.67 bits per heavy atom.